The van der Waals surface area contributed by atoms with Gasteiger partial charge in [0.2, 0.25) is 0 Å². The van der Waals surface area contributed by atoms with E-state index in [0.717, 1.165) is 33.7 Å². The number of benzene rings is 3. The molecule has 0 aliphatic carbocycles. The number of esters is 1. The molecule has 0 fully saturated rings. The number of nitrogens with zero attached hydrogens (tertiary/aromatic N) is 1. The van der Waals surface area contributed by atoms with Gasteiger partial charge in [0.05, 0.1) is 13.0 Å². The predicted molar refractivity (Wildman–Crippen MR) is 144 cm³/mol. The number of aryl methyl sites for hydroxylation is 1. The number of para-hydroxylation sites is 2. The Labute approximate surface area is 217 Å². The zero-order valence-corrected chi connectivity index (χ0v) is 21.4. The number of rotatable bonds is 11. The van der Waals surface area contributed by atoms with Crippen molar-refractivity contribution in [2.45, 2.75) is 26.3 Å². The van der Waals surface area contributed by atoms with Crippen molar-refractivity contribution in [3.8, 4) is 5.75 Å². The third kappa shape index (κ3) is 6.50. The standard InChI is InChI=1S/C30H32N2O5/c1-4-35-28(33)18-19-32(3)30(34)22-14-16-23(17-15-22)31-26(20-36-24-10-6-5-7-11-24)29-21(2)25-12-8-9-13-27(25)37-29/h5-17,26,31H,4,18-20H2,1-3H3. The van der Waals surface area contributed by atoms with E-state index in [1.54, 1.807) is 26.1 Å². The number of fused-ring (bicyclic) bond motifs is 1. The minimum absolute atomic E-state index is 0.159. The lowest BCUT2D eigenvalue weighted by Crippen LogP contribution is -2.29. The first kappa shape index (κ1) is 25.8. The van der Waals surface area contributed by atoms with Gasteiger partial charge >= 0.3 is 5.97 Å². The van der Waals surface area contributed by atoms with Gasteiger partial charge in [-0.1, -0.05) is 36.4 Å². The summed E-state index contributed by atoms with van der Waals surface area (Å²) in [5.74, 6) is 1.10. The number of hydrogen-bond donors (Lipinski definition) is 1. The summed E-state index contributed by atoms with van der Waals surface area (Å²) in [5, 5.41) is 4.58. The van der Waals surface area contributed by atoms with Crippen molar-refractivity contribution in [3.05, 3.63) is 95.7 Å². The maximum atomic E-state index is 12.8. The monoisotopic (exact) mass is 500 g/mol. The van der Waals surface area contributed by atoms with Crippen LogP contribution in [0.1, 0.15) is 41.1 Å². The maximum Gasteiger partial charge on any atom is 0.307 e. The number of furan rings is 1. The lowest BCUT2D eigenvalue weighted by Gasteiger charge is -2.20. The van der Waals surface area contributed by atoms with Crippen molar-refractivity contribution in [1.29, 1.82) is 0 Å². The molecule has 7 heteroatoms. The Bertz CT molecular complexity index is 1330. The molecule has 0 radical (unpaired) electrons. The van der Waals surface area contributed by atoms with Crippen LogP contribution in [0.5, 0.6) is 5.75 Å². The zero-order chi connectivity index (χ0) is 26.2. The second-order valence-electron chi connectivity index (χ2n) is 8.77. The van der Waals surface area contributed by atoms with E-state index in [1.165, 1.54) is 4.90 Å². The average Bonchev–Trinajstić information content (AvgIpc) is 3.26. The summed E-state index contributed by atoms with van der Waals surface area (Å²) in [6, 6.07) is 24.6. The first-order valence-corrected chi connectivity index (χ1v) is 12.4. The molecule has 0 spiro atoms. The van der Waals surface area contributed by atoms with Crippen LogP contribution >= 0.6 is 0 Å². The molecule has 37 heavy (non-hydrogen) atoms. The summed E-state index contributed by atoms with van der Waals surface area (Å²) in [5.41, 5.74) is 3.24. The smallest absolute Gasteiger partial charge is 0.307 e. The molecule has 0 bridgehead atoms. The molecule has 0 aliphatic rings. The zero-order valence-electron chi connectivity index (χ0n) is 21.4. The number of carbonyl (C=O) groups excluding carboxylic acids is 2. The predicted octanol–water partition coefficient (Wildman–Crippen LogP) is 6.00. The van der Waals surface area contributed by atoms with Crippen molar-refractivity contribution < 1.29 is 23.5 Å². The Kier molecular flexibility index (Phi) is 8.46. The molecular formula is C30H32N2O5. The van der Waals surface area contributed by atoms with Crippen molar-refractivity contribution in [2.75, 3.05) is 32.1 Å². The molecular weight excluding hydrogens is 468 g/mol. The molecule has 1 heterocycles. The Balaban J connectivity index is 1.49. The van der Waals surface area contributed by atoms with Crippen LogP contribution in [0.25, 0.3) is 11.0 Å². The van der Waals surface area contributed by atoms with E-state index >= 15 is 0 Å². The van der Waals surface area contributed by atoms with E-state index < -0.39 is 0 Å². The highest BCUT2D eigenvalue weighted by molar-refractivity contribution is 5.94. The molecule has 1 unspecified atom stereocenters. The van der Waals surface area contributed by atoms with Gasteiger partial charge in [0.1, 0.15) is 29.7 Å². The topological polar surface area (TPSA) is 81.0 Å². The molecule has 7 nitrogen and oxygen atoms in total. The summed E-state index contributed by atoms with van der Waals surface area (Å²) in [6.45, 7) is 4.78. The van der Waals surface area contributed by atoms with Gasteiger partial charge in [-0.2, -0.15) is 0 Å². The number of amides is 1. The largest absolute Gasteiger partial charge is 0.491 e. The molecule has 1 N–H and O–H groups in total. The third-order valence-electron chi connectivity index (χ3n) is 6.13. The molecule has 1 aromatic heterocycles. The lowest BCUT2D eigenvalue weighted by atomic mass is 10.1. The van der Waals surface area contributed by atoms with Crippen molar-refractivity contribution in [3.63, 3.8) is 0 Å². The maximum absolute atomic E-state index is 12.8. The molecule has 4 aromatic rings. The van der Waals surface area contributed by atoms with E-state index in [9.17, 15) is 9.59 Å². The Hall–Kier alpha value is -4.26. The van der Waals surface area contributed by atoms with Gasteiger partial charge in [-0.3, -0.25) is 9.59 Å². The van der Waals surface area contributed by atoms with Gasteiger partial charge in [-0.25, -0.2) is 0 Å². The first-order chi connectivity index (χ1) is 18.0. The SMILES string of the molecule is CCOC(=O)CCN(C)C(=O)c1ccc(NC(COc2ccccc2)c2oc3ccccc3c2C)cc1. The van der Waals surface area contributed by atoms with Crippen LogP contribution in [0.3, 0.4) is 0 Å². The number of carbonyl (C=O) groups is 2. The van der Waals surface area contributed by atoms with E-state index in [4.69, 9.17) is 13.9 Å². The highest BCUT2D eigenvalue weighted by Crippen LogP contribution is 2.32. The van der Waals surface area contributed by atoms with Gasteiger partial charge in [-0.15, -0.1) is 0 Å². The van der Waals surface area contributed by atoms with Crippen LogP contribution in [-0.4, -0.2) is 43.6 Å². The van der Waals surface area contributed by atoms with Gasteiger partial charge in [0.25, 0.3) is 5.91 Å². The quantitative estimate of drug-likeness (QED) is 0.255. The number of ether oxygens (including phenoxy) is 2. The van der Waals surface area contributed by atoms with Crippen LogP contribution in [-0.2, 0) is 9.53 Å². The first-order valence-electron chi connectivity index (χ1n) is 12.4. The van der Waals surface area contributed by atoms with Crippen LogP contribution < -0.4 is 10.1 Å². The van der Waals surface area contributed by atoms with Gasteiger partial charge < -0.3 is 24.1 Å². The van der Waals surface area contributed by atoms with Crippen LogP contribution in [0.2, 0.25) is 0 Å². The molecule has 0 saturated heterocycles. The Morgan fingerprint density at radius 1 is 0.973 bits per heavy atom. The van der Waals surface area contributed by atoms with E-state index in [0.29, 0.717) is 25.3 Å². The molecule has 1 atom stereocenters. The molecule has 4 rings (SSSR count). The molecule has 1 amide bonds. The highest BCUT2D eigenvalue weighted by atomic mass is 16.5. The highest BCUT2D eigenvalue weighted by Gasteiger charge is 2.22. The second-order valence-corrected chi connectivity index (χ2v) is 8.77. The number of anilines is 1. The van der Waals surface area contributed by atoms with Crippen molar-refractivity contribution >= 4 is 28.5 Å². The minimum atomic E-state index is -0.314. The fourth-order valence-corrected chi connectivity index (χ4v) is 4.13. The van der Waals surface area contributed by atoms with E-state index in [1.807, 2.05) is 73.7 Å². The van der Waals surface area contributed by atoms with Crippen molar-refractivity contribution in [2.24, 2.45) is 0 Å². The fourth-order valence-electron chi connectivity index (χ4n) is 4.13. The molecule has 3 aromatic carbocycles. The molecule has 0 aliphatic heterocycles. The number of hydrogen-bond acceptors (Lipinski definition) is 6. The van der Waals surface area contributed by atoms with Gasteiger partial charge in [0, 0.05) is 35.8 Å². The average molecular weight is 501 g/mol. The number of nitrogens with one attached hydrogen (secondary N) is 1. The minimum Gasteiger partial charge on any atom is -0.491 e. The van der Waals surface area contributed by atoms with Crippen LogP contribution in [0.4, 0.5) is 5.69 Å². The normalized spacial score (nSPS) is 11.6. The Morgan fingerprint density at radius 3 is 2.38 bits per heavy atom. The summed E-state index contributed by atoms with van der Waals surface area (Å²) in [7, 11) is 1.68. The van der Waals surface area contributed by atoms with E-state index in [2.05, 4.69) is 5.32 Å². The fraction of sp³-hybridized carbons (Fsp3) is 0.267. The van der Waals surface area contributed by atoms with Gasteiger partial charge in [0.15, 0.2) is 0 Å². The molecule has 0 saturated carbocycles. The van der Waals surface area contributed by atoms with E-state index in [-0.39, 0.29) is 24.3 Å². The summed E-state index contributed by atoms with van der Waals surface area (Å²) < 4.78 is 17.3. The Morgan fingerprint density at radius 2 is 1.68 bits per heavy atom. The summed E-state index contributed by atoms with van der Waals surface area (Å²) >= 11 is 0. The van der Waals surface area contributed by atoms with Gasteiger partial charge in [-0.05, 0) is 56.3 Å². The van der Waals surface area contributed by atoms with Crippen molar-refractivity contribution in [1.82, 2.24) is 4.90 Å². The third-order valence-corrected chi connectivity index (χ3v) is 6.13. The summed E-state index contributed by atoms with van der Waals surface area (Å²) in [4.78, 5) is 25.9. The van der Waals surface area contributed by atoms with Crippen LogP contribution in [0.15, 0.2) is 83.3 Å². The molecule has 192 valence electrons. The lowest BCUT2D eigenvalue weighted by molar-refractivity contribution is -0.143. The van der Waals surface area contributed by atoms with Crippen LogP contribution in [0, 0.1) is 6.92 Å². The summed E-state index contributed by atoms with van der Waals surface area (Å²) in [6.07, 6.45) is 0.162. The second kappa shape index (κ2) is 12.1.